The molecule has 0 saturated heterocycles. The van der Waals surface area contributed by atoms with Crippen molar-refractivity contribution >= 4 is 15.7 Å². The second kappa shape index (κ2) is 18.4. The number of sulfone groups is 1. The normalized spacial score (nSPS) is 22.0. The van der Waals surface area contributed by atoms with E-state index in [1.54, 1.807) is 0 Å². The van der Waals surface area contributed by atoms with Gasteiger partial charge >= 0.3 is 0 Å². The maximum absolute atomic E-state index is 13.5. The minimum Gasteiger partial charge on any atom is -0.390 e. The van der Waals surface area contributed by atoms with Gasteiger partial charge in [-0.3, -0.25) is 4.79 Å². The molecule has 0 aromatic carbocycles. The molecule has 2 rings (SSSR count). The summed E-state index contributed by atoms with van der Waals surface area (Å²) >= 11 is 0. The van der Waals surface area contributed by atoms with Crippen molar-refractivity contribution in [2.45, 2.75) is 110 Å². The molecular formula is C32H59N3O5S. The van der Waals surface area contributed by atoms with Crippen LogP contribution < -0.4 is 10.6 Å². The highest BCUT2D eigenvalue weighted by Gasteiger charge is 2.35. The number of carbonyl (C=O) groups is 1. The second-order valence-electron chi connectivity index (χ2n) is 12.8. The van der Waals surface area contributed by atoms with E-state index in [-0.39, 0.29) is 47.3 Å². The van der Waals surface area contributed by atoms with E-state index in [0.717, 1.165) is 45.2 Å². The van der Waals surface area contributed by atoms with Gasteiger partial charge in [0.2, 0.25) is 5.91 Å². The summed E-state index contributed by atoms with van der Waals surface area (Å²) in [6.07, 6.45) is 13.7. The van der Waals surface area contributed by atoms with E-state index in [0.29, 0.717) is 25.9 Å². The zero-order valence-electron chi connectivity index (χ0n) is 26.3. The number of allylic oxidation sites excluding steroid dienone is 4. The van der Waals surface area contributed by atoms with Crippen LogP contribution in [0.3, 0.4) is 0 Å². The van der Waals surface area contributed by atoms with Gasteiger partial charge in [0.1, 0.15) is 0 Å². The molecule has 2 aliphatic rings. The van der Waals surface area contributed by atoms with Gasteiger partial charge < -0.3 is 25.7 Å². The summed E-state index contributed by atoms with van der Waals surface area (Å²) in [5.41, 5.74) is 0. The molecule has 9 heteroatoms. The van der Waals surface area contributed by atoms with Crippen molar-refractivity contribution in [2.75, 3.05) is 37.7 Å². The summed E-state index contributed by atoms with van der Waals surface area (Å²) < 4.78 is 26.2. The fourth-order valence-electron chi connectivity index (χ4n) is 6.27. The highest BCUT2D eigenvalue weighted by Crippen LogP contribution is 2.30. The standard InChI is InChI=1S/C32H59N3O5S/c1-6-35(7-2)18-19-41(39,40)23-28(21-26-14-10-8-11-15-26)32(38)33-22-25(5)34-30(27-16-12-9-13-17-27)31(37)29(36)20-24(3)4/h8,10-11,14,24-31,34,36-37H,6-7,9,12-13,15-23H2,1-5H3,(H,33,38)/t25?,26?,28?,29-,30-,31-/m0/s1. The largest absolute Gasteiger partial charge is 0.390 e. The highest BCUT2D eigenvalue weighted by atomic mass is 32.2. The Hall–Kier alpha value is -1.26. The Labute approximate surface area is 250 Å². The van der Waals surface area contributed by atoms with Gasteiger partial charge in [-0.25, -0.2) is 8.42 Å². The monoisotopic (exact) mass is 597 g/mol. The molecular weight excluding hydrogens is 538 g/mol. The van der Waals surface area contributed by atoms with Crippen LogP contribution in [0.2, 0.25) is 0 Å². The van der Waals surface area contributed by atoms with E-state index < -0.39 is 28.0 Å². The van der Waals surface area contributed by atoms with Crippen LogP contribution in [0.25, 0.3) is 0 Å². The van der Waals surface area contributed by atoms with Crippen molar-refractivity contribution in [2.24, 2.45) is 23.7 Å². The number of aliphatic hydroxyl groups is 2. The lowest BCUT2D eigenvalue weighted by Crippen LogP contribution is -2.56. The summed E-state index contributed by atoms with van der Waals surface area (Å²) in [5, 5.41) is 28.5. The van der Waals surface area contributed by atoms with Crippen molar-refractivity contribution in [3.8, 4) is 0 Å². The number of hydrogen-bond donors (Lipinski definition) is 4. The molecule has 0 spiro atoms. The first-order chi connectivity index (χ1) is 19.5. The van der Waals surface area contributed by atoms with Gasteiger partial charge in [0.25, 0.3) is 0 Å². The first kappa shape index (κ1) is 35.9. The predicted octanol–water partition coefficient (Wildman–Crippen LogP) is 3.69. The van der Waals surface area contributed by atoms with Crippen LogP contribution in [-0.4, -0.2) is 91.4 Å². The Morgan fingerprint density at radius 3 is 2.32 bits per heavy atom. The number of rotatable bonds is 19. The maximum atomic E-state index is 13.5. The Morgan fingerprint density at radius 2 is 1.73 bits per heavy atom. The molecule has 0 aromatic heterocycles. The smallest absolute Gasteiger partial charge is 0.224 e. The molecule has 4 N–H and O–H groups in total. The maximum Gasteiger partial charge on any atom is 0.224 e. The van der Waals surface area contributed by atoms with Crippen LogP contribution in [0.15, 0.2) is 24.3 Å². The van der Waals surface area contributed by atoms with Gasteiger partial charge in [0, 0.05) is 25.2 Å². The van der Waals surface area contributed by atoms with Gasteiger partial charge in [-0.2, -0.15) is 0 Å². The van der Waals surface area contributed by atoms with Crippen molar-refractivity contribution in [1.82, 2.24) is 15.5 Å². The van der Waals surface area contributed by atoms with Crippen LogP contribution in [0.1, 0.15) is 86.0 Å². The third-order valence-corrected chi connectivity index (χ3v) is 10.5. The summed E-state index contributed by atoms with van der Waals surface area (Å²) in [5.74, 6) is -0.276. The molecule has 6 atom stereocenters. The molecule has 8 nitrogen and oxygen atoms in total. The lowest BCUT2D eigenvalue weighted by Gasteiger charge is -2.38. The predicted molar refractivity (Wildman–Crippen MR) is 168 cm³/mol. The molecule has 2 aliphatic carbocycles. The molecule has 0 radical (unpaired) electrons. The Balaban J connectivity index is 2.05. The molecule has 3 unspecified atom stereocenters. The zero-order chi connectivity index (χ0) is 30.4. The van der Waals surface area contributed by atoms with Crippen LogP contribution in [0, 0.1) is 23.7 Å². The molecule has 0 aromatic rings. The van der Waals surface area contributed by atoms with Crippen molar-refractivity contribution in [3.63, 3.8) is 0 Å². The SMILES string of the molecule is CCN(CC)CCS(=O)(=O)CC(CC1C=CC=CC1)C(=O)NCC(C)N[C@@H](C1CCCCC1)[C@@H](O)[C@@H](O)CC(C)C. The lowest BCUT2D eigenvalue weighted by molar-refractivity contribution is -0.124. The Bertz CT molecular complexity index is 912. The molecule has 1 saturated carbocycles. The van der Waals surface area contributed by atoms with Gasteiger partial charge in [-0.15, -0.1) is 0 Å². The molecule has 1 amide bonds. The van der Waals surface area contributed by atoms with Crippen LogP contribution in [-0.2, 0) is 14.6 Å². The van der Waals surface area contributed by atoms with E-state index in [1.165, 1.54) is 6.42 Å². The van der Waals surface area contributed by atoms with Gasteiger partial charge in [-0.05, 0) is 69.9 Å². The third kappa shape index (κ3) is 13.3. The number of nitrogens with one attached hydrogen (secondary N) is 2. The van der Waals surface area contributed by atoms with Crippen molar-refractivity contribution in [3.05, 3.63) is 24.3 Å². The molecule has 0 heterocycles. The van der Waals surface area contributed by atoms with Gasteiger partial charge in [0.15, 0.2) is 9.84 Å². The fraction of sp³-hybridized carbons (Fsp3) is 0.844. The van der Waals surface area contributed by atoms with Crippen molar-refractivity contribution < 1.29 is 23.4 Å². The number of amides is 1. The van der Waals surface area contributed by atoms with E-state index in [4.69, 9.17) is 0 Å². The highest BCUT2D eigenvalue weighted by molar-refractivity contribution is 7.91. The fourth-order valence-corrected chi connectivity index (χ4v) is 7.88. The summed E-state index contributed by atoms with van der Waals surface area (Å²) in [6.45, 7) is 12.5. The lowest BCUT2D eigenvalue weighted by atomic mass is 9.79. The van der Waals surface area contributed by atoms with Crippen LogP contribution in [0.5, 0.6) is 0 Å². The van der Waals surface area contributed by atoms with E-state index in [9.17, 15) is 23.4 Å². The molecule has 0 bridgehead atoms. The second-order valence-corrected chi connectivity index (χ2v) is 15.0. The topological polar surface area (TPSA) is 119 Å². The minimum absolute atomic E-state index is 0.0521. The quantitative estimate of drug-likeness (QED) is 0.179. The molecule has 41 heavy (non-hydrogen) atoms. The van der Waals surface area contributed by atoms with Gasteiger partial charge in [-0.1, -0.05) is 71.3 Å². The molecule has 238 valence electrons. The van der Waals surface area contributed by atoms with E-state index >= 15 is 0 Å². The Kier molecular flexibility index (Phi) is 16.1. The summed E-state index contributed by atoms with van der Waals surface area (Å²) in [7, 11) is -3.42. The number of nitrogens with zero attached hydrogens (tertiary/aromatic N) is 1. The average Bonchev–Trinajstić information content (AvgIpc) is 2.95. The van der Waals surface area contributed by atoms with Crippen LogP contribution in [0.4, 0.5) is 0 Å². The Morgan fingerprint density at radius 1 is 1.05 bits per heavy atom. The molecule has 1 fully saturated rings. The summed E-state index contributed by atoms with van der Waals surface area (Å²) in [4.78, 5) is 15.5. The minimum atomic E-state index is -3.42. The van der Waals surface area contributed by atoms with E-state index in [2.05, 4.69) is 27.7 Å². The number of aliphatic hydroxyl groups excluding tert-OH is 2. The number of carbonyl (C=O) groups excluding carboxylic acids is 1. The average molecular weight is 598 g/mol. The van der Waals surface area contributed by atoms with Crippen LogP contribution >= 0.6 is 0 Å². The van der Waals surface area contributed by atoms with Gasteiger partial charge in [0.05, 0.1) is 29.6 Å². The number of hydrogen-bond acceptors (Lipinski definition) is 7. The van der Waals surface area contributed by atoms with E-state index in [1.807, 2.05) is 46.8 Å². The van der Waals surface area contributed by atoms with Crippen molar-refractivity contribution in [1.29, 1.82) is 0 Å². The first-order valence-electron chi connectivity index (χ1n) is 16.1. The third-order valence-electron chi connectivity index (χ3n) is 8.79. The molecule has 0 aliphatic heterocycles. The zero-order valence-corrected chi connectivity index (χ0v) is 27.1. The first-order valence-corrected chi connectivity index (χ1v) is 17.9. The summed E-state index contributed by atoms with van der Waals surface area (Å²) in [6, 6.07) is -0.407.